The van der Waals surface area contributed by atoms with Crippen molar-refractivity contribution < 1.29 is 4.79 Å². The van der Waals surface area contributed by atoms with Crippen molar-refractivity contribution in [1.82, 2.24) is 15.5 Å². The summed E-state index contributed by atoms with van der Waals surface area (Å²) in [6.45, 7) is 3.97. The molecule has 1 amide bonds. The quantitative estimate of drug-likeness (QED) is 0.375. The molecule has 1 aromatic heterocycles. The second-order valence-electron chi connectivity index (χ2n) is 6.70. The Hall–Kier alpha value is -0.830. The number of halogens is 1. The fraction of sp³-hybridized carbons (Fsp3) is 0.667. The highest BCUT2D eigenvalue weighted by atomic mass is 127. The molecule has 7 heteroatoms. The number of hydrogen-bond donors (Lipinski definition) is 2. The van der Waals surface area contributed by atoms with E-state index < -0.39 is 0 Å². The highest BCUT2D eigenvalue weighted by Gasteiger charge is 2.14. The molecule has 0 aromatic carbocycles. The monoisotopic (exact) mass is 478 g/mol. The standard InChI is InChI=1S/C18H30N4OS.HI/c1-14-9-10-16(24-14)12-20-18(21-13-17(23)22(2)3)19-11-15-7-5-4-6-8-15;/h9-10,15H,4-8,11-13H2,1-3H3,(H2,19,20,21);1H. The number of aliphatic imine (C=N–C) groups is 1. The molecule has 1 aliphatic rings. The van der Waals surface area contributed by atoms with Gasteiger partial charge in [0.1, 0.15) is 6.54 Å². The van der Waals surface area contributed by atoms with Gasteiger partial charge in [0.15, 0.2) is 5.96 Å². The van der Waals surface area contributed by atoms with E-state index in [2.05, 4.69) is 34.7 Å². The van der Waals surface area contributed by atoms with E-state index in [1.807, 2.05) is 0 Å². The maximum atomic E-state index is 11.8. The Kier molecular flexibility index (Phi) is 10.4. The first-order valence-corrected chi connectivity index (χ1v) is 9.64. The lowest BCUT2D eigenvalue weighted by atomic mass is 9.89. The van der Waals surface area contributed by atoms with E-state index in [1.54, 1.807) is 30.3 Å². The third-order valence-corrected chi connectivity index (χ3v) is 5.38. The van der Waals surface area contributed by atoms with Crippen molar-refractivity contribution in [3.05, 3.63) is 21.9 Å². The smallest absolute Gasteiger partial charge is 0.243 e. The first-order valence-electron chi connectivity index (χ1n) is 8.82. The summed E-state index contributed by atoms with van der Waals surface area (Å²) in [5, 5.41) is 6.80. The summed E-state index contributed by atoms with van der Waals surface area (Å²) in [5.41, 5.74) is 0. The number of carbonyl (C=O) groups is 1. The van der Waals surface area contributed by atoms with Crippen LogP contribution in [0.1, 0.15) is 41.9 Å². The predicted octanol–water partition coefficient (Wildman–Crippen LogP) is 3.38. The largest absolute Gasteiger partial charge is 0.356 e. The number of carbonyl (C=O) groups excluding carboxylic acids is 1. The Morgan fingerprint density at radius 1 is 1.24 bits per heavy atom. The van der Waals surface area contributed by atoms with Crippen LogP contribution >= 0.6 is 35.3 Å². The Morgan fingerprint density at radius 3 is 2.56 bits per heavy atom. The van der Waals surface area contributed by atoms with Crippen LogP contribution in [-0.2, 0) is 11.3 Å². The number of amides is 1. The minimum atomic E-state index is 0. The van der Waals surface area contributed by atoms with Gasteiger partial charge < -0.3 is 15.5 Å². The van der Waals surface area contributed by atoms with E-state index in [0.29, 0.717) is 0 Å². The molecule has 1 fully saturated rings. The Morgan fingerprint density at radius 2 is 1.96 bits per heavy atom. The van der Waals surface area contributed by atoms with Crippen LogP contribution in [0.25, 0.3) is 0 Å². The zero-order valence-electron chi connectivity index (χ0n) is 15.5. The molecule has 25 heavy (non-hydrogen) atoms. The van der Waals surface area contributed by atoms with Crippen LogP contribution in [0.4, 0.5) is 0 Å². The predicted molar refractivity (Wildman–Crippen MR) is 117 cm³/mol. The first kappa shape index (κ1) is 22.2. The molecule has 142 valence electrons. The van der Waals surface area contributed by atoms with Crippen molar-refractivity contribution in [3.63, 3.8) is 0 Å². The summed E-state index contributed by atoms with van der Waals surface area (Å²) in [6, 6.07) is 4.26. The maximum absolute atomic E-state index is 11.8. The van der Waals surface area contributed by atoms with Crippen molar-refractivity contribution in [1.29, 1.82) is 0 Å². The summed E-state index contributed by atoms with van der Waals surface area (Å²) in [5.74, 6) is 1.47. The lowest BCUT2D eigenvalue weighted by molar-refractivity contribution is -0.127. The molecule has 0 unspecified atom stereocenters. The maximum Gasteiger partial charge on any atom is 0.243 e. The third-order valence-electron chi connectivity index (χ3n) is 4.38. The average Bonchev–Trinajstić information content (AvgIpc) is 3.00. The van der Waals surface area contributed by atoms with Crippen LogP contribution in [-0.4, -0.2) is 44.0 Å². The van der Waals surface area contributed by atoms with Gasteiger partial charge in [0.05, 0.1) is 6.54 Å². The van der Waals surface area contributed by atoms with Gasteiger partial charge in [0, 0.05) is 30.4 Å². The van der Waals surface area contributed by atoms with E-state index in [-0.39, 0.29) is 36.4 Å². The van der Waals surface area contributed by atoms with Gasteiger partial charge in [-0.3, -0.25) is 4.79 Å². The molecule has 0 atom stereocenters. The van der Waals surface area contributed by atoms with E-state index in [4.69, 9.17) is 0 Å². The zero-order chi connectivity index (χ0) is 17.4. The molecule has 1 saturated carbocycles. The molecule has 1 aliphatic carbocycles. The van der Waals surface area contributed by atoms with Crippen LogP contribution in [0.3, 0.4) is 0 Å². The zero-order valence-corrected chi connectivity index (χ0v) is 18.7. The lowest BCUT2D eigenvalue weighted by Gasteiger charge is -2.23. The molecule has 1 aromatic rings. The highest BCUT2D eigenvalue weighted by Crippen LogP contribution is 2.22. The first-order chi connectivity index (χ1) is 11.5. The fourth-order valence-electron chi connectivity index (χ4n) is 2.85. The number of thiophene rings is 1. The van der Waals surface area contributed by atoms with Crippen LogP contribution in [0, 0.1) is 12.8 Å². The Balaban J connectivity index is 0.00000312. The summed E-state index contributed by atoms with van der Waals surface area (Å²) < 4.78 is 0. The number of hydrogen-bond acceptors (Lipinski definition) is 3. The van der Waals surface area contributed by atoms with Crippen molar-refractivity contribution >= 4 is 47.2 Å². The SMILES string of the molecule is Cc1ccc(CNC(=NCC(=O)N(C)C)NCC2CCCCC2)s1.I. The molecule has 0 saturated heterocycles. The Labute approximate surface area is 172 Å². The molecule has 0 bridgehead atoms. The average molecular weight is 478 g/mol. The summed E-state index contributed by atoms with van der Waals surface area (Å²) in [4.78, 5) is 20.4. The molecular formula is C18H31IN4OS. The minimum absolute atomic E-state index is 0. The van der Waals surface area contributed by atoms with Crippen molar-refractivity contribution in [2.24, 2.45) is 10.9 Å². The topological polar surface area (TPSA) is 56.7 Å². The van der Waals surface area contributed by atoms with Gasteiger partial charge in [-0.05, 0) is 37.8 Å². The van der Waals surface area contributed by atoms with Gasteiger partial charge >= 0.3 is 0 Å². The summed E-state index contributed by atoms with van der Waals surface area (Å²) >= 11 is 1.78. The summed E-state index contributed by atoms with van der Waals surface area (Å²) in [6.07, 6.45) is 6.62. The molecule has 0 radical (unpaired) electrons. The van der Waals surface area contributed by atoms with E-state index in [1.165, 1.54) is 41.9 Å². The van der Waals surface area contributed by atoms with Crippen LogP contribution in [0.15, 0.2) is 17.1 Å². The van der Waals surface area contributed by atoms with Gasteiger partial charge in [-0.25, -0.2) is 4.99 Å². The van der Waals surface area contributed by atoms with Crippen LogP contribution < -0.4 is 10.6 Å². The van der Waals surface area contributed by atoms with E-state index >= 15 is 0 Å². The Bertz CT molecular complexity index is 553. The molecule has 2 N–H and O–H groups in total. The molecular weight excluding hydrogens is 447 g/mol. The van der Waals surface area contributed by atoms with Gasteiger partial charge in [-0.1, -0.05) is 19.3 Å². The van der Waals surface area contributed by atoms with Gasteiger partial charge in [-0.2, -0.15) is 0 Å². The van der Waals surface area contributed by atoms with Crippen LogP contribution in [0.2, 0.25) is 0 Å². The number of rotatable bonds is 6. The molecule has 1 heterocycles. The van der Waals surface area contributed by atoms with E-state index in [9.17, 15) is 4.79 Å². The molecule has 5 nitrogen and oxygen atoms in total. The van der Waals surface area contributed by atoms with Gasteiger partial charge in [0.25, 0.3) is 0 Å². The molecule has 0 spiro atoms. The lowest BCUT2D eigenvalue weighted by Crippen LogP contribution is -2.40. The number of guanidine groups is 1. The van der Waals surface area contributed by atoms with E-state index in [0.717, 1.165) is 25.0 Å². The second-order valence-corrected chi connectivity index (χ2v) is 8.08. The number of nitrogens with one attached hydrogen (secondary N) is 2. The normalized spacial score (nSPS) is 15.4. The van der Waals surface area contributed by atoms with Crippen molar-refractivity contribution in [2.45, 2.75) is 45.6 Å². The van der Waals surface area contributed by atoms with Gasteiger partial charge in [-0.15, -0.1) is 35.3 Å². The number of likely N-dealkylation sites (N-methyl/N-ethyl adjacent to an activating group) is 1. The van der Waals surface area contributed by atoms with Crippen molar-refractivity contribution in [2.75, 3.05) is 27.2 Å². The number of nitrogens with zero attached hydrogens (tertiary/aromatic N) is 2. The highest BCUT2D eigenvalue weighted by molar-refractivity contribution is 14.0. The third kappa shape index (κ3) is 8.40. The summed E-state index contributed by atoms with van der Waals surface area (Å²) in [7, 11) is 3.52. The fourth-order valence-corrected chi connectivity index (χ4v) is 3.68. The number of aryl methyl sites for hydroxylation is 1. The van der Waals surface area contributed by atoms with Crippen molar-refractivity contribution in [3.8, 4) is 0 Å². The van der Waals surface area contributed by atoms with Crippen LogP contribution in [0.5, 0.6) is 0 Å². The minimum Gasteiger partial charge on any atom is -0.356 e. The van der Waals surface area contributed by atoms with Gasteiger partial charge in [0.2, 0.25) is 5.91 Å². The molecule has 0 aliphatic heterocycles. The molecule has 2 rings (SSSR count). The second kappa shape index (κ2) is 11.7.